The zero-order valence-electron chi connectivity index (χ0n) is 6.51. The van der Waals surface area contributed by atoms with Gasteiger partial charge in [0, 0.05) is 0 Å². The van der Waals surface area contributed by atoms with E-state index in [1.807, 2.05) is 0 Å². The summed E-state index contributed by atoms with van der Waals surface area (Å²) in [5.74, 6) is -4.79. The molecule has 0 aliphatic carbocycles. The minimum Gasteiger partial charge on any atom is -0.478 e. The number of carboxylic acids is 1. The predicted octanol–water partition coefficient (Wildman–Crippen LogP) is -1.69. The summed E-state index contributed by atoms with van der Waals surface area (Å²) >= 11 is 0. The topological polar surface area (TPSA) is 136 Å². The van der Waals surface area contributed by atoms with Crippen LogP contribution in [-0.2, 0) is 24.3 Å². The molecule has 0 bridgehead atoms. The molecular formula is C5H7NO7. The van der Waals surface area contributed by atoms with Gasteiger partial charge in [0.2, 0.25) is 0 Å². The first-order chi connectivity index (χ1) is 5.89. The molecule has 0 saturated carbocycles. The van der Waals surface area contributed by atoms with Crippen molar-refractivity contribution >= 4 is 17.7 Å². The fourth-order valence-electron chi connectivity index (χ4n) is 0.621. The van der Waals surface area contributed by atoms with Crippen molar-refractivity contribution in [1.29, 1.82) is 0 Å². The number of ketones is 1. The van der Waals surface area contributed by atoms with E-state index in [9.17, 15) is 14.4 Å². The Labute approximate surface area is 71.7 Å². The molecule has 8 heteroatoms. The van der Waals surface area contributed by atoms with E-state index in [2.05, 4.69) is 15.7 Å². The summed E-state index contributed by atoms with van der Waals surface area (Å²) in [6.45, 7) is 0.748. The first-order valence-electron chi connectivity index (χ1n) is 2.93. The molecule has 1 atom stereocenters. The average molecular weight is 193 g/mol. The molecule has 0 radical (unpaired) electrons. The number of carboxylic acid groups (broad SMARTS) is 1. The van der Waals surface area contributed by atoms with Gasteiger partial charge in [-0.05, 0) is 6.92 Å². The van der Waals surface area contributed by atoms with E-state index in [4.69, 9.17) is 10.4 Å². The van der Waals surface area contributed by atoms with Crippen LogP contribution in [0.4, 0.5) is 0 Å². The Bertz CT molecular complexity index is 211. The first-order valence-corrected chi connectivity index (χ1v) is 2.93. The Morgan fingerprint density at radius 2 is 1.85 bits per heavy atom. The van der Waals surface area contributed by atoms with E-state index in [-0.39, 0.29) is 0 Å². The molecule has 0 saturated heterocycles. The second-order valence-electron chi connectivity index (χ2n) is 2.06. The van der Waals surface area contributed by atoms with Gasteiger partial charge in [0.25, 0.3) is 5.91 Å². The maximum absolute atomic E-state index is 10.7. The molecule has 0 spiro atoms. The molecule has 1 amide bonds. The lowest BCUT2D eigenvalue weighted by Crippen LogP contribution is -2.57. The minimum absolute atomic E-state index is 0.748. The fraction of sp³-hybridized carbons (Fsp3) is 0.400. The molecular weight excluding hydrogens is 186 g/mol. The number of amides is 1. The number of Topliss-reactive ketones (excluding diaryl/α,β-unsaturated/α-hetero) is 1. The van der Waals surface area contributed by atoms with Crippen molar-refractivity contribution in [3.8, 4) is 0 Å². The van der Waals surface area contributed by atoms with Crippen molar-refractivity contribution in [1.82, 2.24) is 0 Å². The van der Waals surface area contributed by atoms with Crippen molar-refractivity contribution < 1.29 is 34.7 Å². The monoisotopic (exact) mass is 193 g/mol. The number of carbonyl (C=O) groups excluding carboxylic acids is 2. The predicted molar refractivity (Wildman–Crippen MR) is 35.0 cm³/mol. The molecule has 0 aliphatic rings. The largest absolute Gasteiger partial charge is 0.478 e. The highest BCUT2D eigenvalue weighted by molar-refractivity contribution is 6.24. The lowest BCUT2D eigenvalue weighted by molar-refractivity contribution is -0.506. The van der Waals surface area contributed by atoms with Crippen LogP contribution in [0.2, 0.25) is 0 Å². The van der Waals surface area contributed by atoms with Gasteiger partial charge in [-0.1, -0.05) is 5.04 Å². The van der Waals surface area contributed by atoms with Gasteiger partial charge >= 0.3 is 11.6 Å². The summed E-state index contributed by atoms with van der Waals surface area (Å²) in [4.78, 5) is 35.4. The first kappa shape index (κ1) is 11.5. The Kier molecular flexibility index (Phi) is 3.48. The Morgan fingerprint density at radius 1 is 1.38 bits per heavy atom. The van der Waals surface area contributed by atoms with Gasteiger partial charge in [-0.2, -0.15) is 4.89 Å². The highest BCUT2D eigenvalue weighted by Crippen LogP contribution is 2.12. The molecule has 1 unspecified atom stereocenters. The van der Waals surface area contributed by atoms with Crippen molar-refractivity contribution in [2.45, 2.75) is 12.5 Å². The third-order valence-corrected chi connectivity index (χ3v) is 1.31. The summed E-state index contributed by atoms with van der Waals surface area (Å²) in [5.41, 5.74) is 1.60. The number of nitrogens with two attached hydrogens (primary N) is 1. The van der Waals surface area contributed by atoms with E-state index >= 15 is 0 Å². The minimum atomic E-state index is -3.01. The van der Waals surface area contributed by atoms with Gasteiger partial charge in [0.05, 0.1) is 0 Å². The normalized spacial score (nSPS) is 14.6. The quantitative estimate of drug-likeness (QED) is 0.269. The third-order valence-electron chi connectivity index (χ3n) is 1.31. The van der Waals surface area contributed by atoms with Crippen molar-refractivity contribution in [2.24, 2.45) is 5.73 Å². The lowest BCUT2D eigenvalue weighted by atomic mass is 9.99. The van der Waals surface area contributed by atoms with E-state index in [1.165, 1.54) is 0 Å². The van der Waals surface area contributed by atoms with E-state index in [0.29, 0.717) is 0 Å². The van der Waals surface area contributed by atoms with Crippen LogP contribution in [-0.4, -0.2) is 33.6 Å². The molecule has 8 nitrogen and oxygen atoms in total. The number of hydrogen-bond donors (Lipinski definition) is 3. The van der Waals surface area contributed by atoms with Crippen LogP contribution in [0.1, 0.15) is 6.92 Å². The van der Waals surface area contributed by atoms with Gasteiger partial charge < -0.3 is 10.8 Å². The van der Waals surface area contributed by atoms with Crippen molar-refractivity contribution in [3.05, 3.63) is 0 Å². The summed E-state index contributed by atoms with van der Waals surface area (Å²) < 4.78 is 0. The summed E-state index contributed by atoms with van der Waals surface area (Å²) in [5, 5.41) is 19.2. The van der Waals surface area contributed by atoms with E-state index in [1.54, 1.807) is 0 Å². The van der Waals surface area contributed by atoms with Crippen LogP contribution in [0.15, 0.2) is 0 Å². The fourth-order valence-corrected chi connectivity index (χ4v) is 0.621. The van der Waals surface area contributed by atoms with Gasteiger partial charge in [0.1, 0.15) is 0 Å². The summed E-state index contributed by atoms with van der Waals surface area (Å²) in [6.07, 6.45) is 0. The maximum Gasteiger partial charge on any atom is 0.357 e. The maximum atomic E-state index is 10.7. The average Bonchev–Trinajstić information content (AvgIpc) is 1.97. The van der Waals surface area contributed by atoms with Crippen LogP contribution in [0.3, 0.4) is 0 Å². The second kappa shape index (κ2) is 3.94. The number of hydrogen-bond acceptors (Lipinski definition) is 6. The molecule has 74 valence electrons. The molecule has 0 heterocycles. The number of rotatable bonds is 5. The molecule has 0 aromatic carbocycles. The van der Waals surface area contributed by atoms with Crippen LogP contribution >= 0.6 is 0 Å². The third kappa shape index (κ3) is 1.80. The number of carbonyl (C=O) groups is 3. The number of primary amides is 1. The molecule has 0 aliphatic heterocycles. The zero-order chi connectivity index (χ0) is 10.6. The Balaban J connectivity index is 5.18. The molecule has 0 fully saturated rings. The Hall–Kier alpha value is -1.51. The van der Waals surface area contributed by atoms with Crippen LogP contribution in [0.25, 0.3) is 0 Å². The molecule has 4 N–H and O–H groups in total. The highest BCUT2D eigenvalue weighted by atomic mass is 17.5. The van der Waals surface area contributed by atoms with E-state index in [0.717, 1.165) is 6.92 Å². The standard InChI is InChI=1S/C5H7NO7/c1-2(7)5(3(6)8,4(9)10)12-13-11/h11H,1H3,(H2,6,8)(H,9,10). The van der Waals surface area contributed by atoms with Crippen LogP contribution < -0.4 is 5.73 Å². The molecule has 0 aromatic heterocycles. The van der Waals surface area contributed by atoms with E-state index < -0.39 is 23.3 Å². The van der Waals surface area contributed by atoms with Gasteiger partial charge in [-0.3, -0.25) is 9.59 Å². The van der Waals surface area contributed by atoms with Gasteiger partial charge in [0.15, 0.2) is 5.78 Å². The van der Waals surface area contributed by atoms with Crippen molar-refractivity contribution in [2.75, 3.05) is 0 Å². The SMILES string of the molecule is CC(=O)C(OOO)(C(N)=O)C(=O)O. The number of aliphatic carboxylic acids is 1. The smallest absolute Gasteiger partial charge is 0.357 e. The highest BCUT2D eigenvalue weighted by Gasteiger charge is 2.53. The van der Waals surface area contributed by atoms with Crippen LogP contribution in [0, 0.1) is 0 Å². The van der Waals surface area contributed by atoms with Crippen molar-refractivity contribution in [3.63, 3.8) is 0 Å². The molecule has 0 aromatic rings. The van der Waals surface area contributed by atoms with Gasteiger partial charge in [-0.25, -0.2) is 10.1 Å². The zero-order valence-corrected chi connectivity index (χ0v) is 6.51. The second-order valence-corrected chi connectivity index (χ2v) is 2.06. The van der Waals surface area contributed by atoms with Gasteiger partial charge in [-0.15, -0.1) is 0 Å². The summed E-state index contributed by atoms with van der Waals surface area (Å²) in [7, 11) is 0. The summed E-state index contributed by atoms with van der Waals surface area (Å²) in [6, 6.07) is 0. The molecule has 13 heavy (non-hydrogen) atoms. The molecule has 0 rings (SSSR count). The Morgan fingerprint density at radius 3 is 1.92 bits per heavy atom. The lowest BCUT2D eigenvalue weighted by Gasteiger charge is -2.18. The van der Waals surface area contributed by atoms with Crippen LogP contribution in [0.5, 0.6) is 0 Å².